The molecule has 3 heterocycles. The topological polar surface area (TPSA) is 64.9 Å². The Kier molecular flexibility index (Phi) is 7.69. The van der Waals surface area contributed by atoms with Gasteiger partial charge in [-0.2, -0.15) is 15.0 Å². The first kappa shape index (κ1) is 25.3. The zero-order valence-corrected chi connectivity index (χ0v) is 22.0. The van der Waals surface area contributed by atoms with Gasteiger partial charge in [-0.15, -0.1) is 0 Å². The van der Waals surface area contributed by atoms with Gasteiger partial charge in [0, 0.05) is 48.5 Å². The highest BCUT2D eigenvalue weighted by atomic mass is 35.5. The number of hydrogen-bond acceptors (Lipinski definition) is 7. The molecule has 3 aromatic rings. The van der Waals surface area contributed by atoms with Crippen LogP contribution in [0.3, 0.4) is 0 Å². The van der Waals surface area contributed by atoms with E-state index in [1.54, 1.807) is 24.5 Å². The fourth-order valence-electron chi connectivity index (χ4n) is 4.70. The van der Waals surface area contributed by atoms with E-state index in [4.69, 9.17) is 37.4 Å². The summed E-state index contributed by atoms with van der Waals surface area (Å²) in [5.41, 5.74) is 1.89. The molecule has 2 atom stereocenters. The number of nitrogens with zero attached hydrogens (tertiary/aromatic N) is 5. The minimum atomic E-state index is -1.14. The van der Waals surface area contributed by atoms with E-state index in [0.29, 0.717) is 34.9 Å². The summed E-state index contributed by atoms with van der Waals surface area (Å²) in [7, 11) is 0. The average molecular weight is 532 g/mol. The molecule has 10 heteroatoms. The summed E-state index contributed by atoms with van der Waals surface area (Å²) in [6.45, 7) is 9.68. The van der Waals surface area contributed by atoms with E-state index in [9.17, 15) is 0 Å². The number of hydrogen-bond donors (Lipinski definition) is 0. The highest BCUT2D eigenvalue weighted by Crippen LogP contribution is 2.40. The van der Waals surface area contributed by atoms with E-state index < -0.39 is 5.79 Å². The molecule has 36 heavy (non-hydrogen) atoms. The maximum Gasteiger partial charge on any atom is 0.219 e. The number of halogens is 2. The molecule has 2 saturated heterocycles. The van der Waals surface area contributed by atoms with Crippen LogP contribution in [0, 0.1) is 0 Å². The lowest BCUT2D eigenvalue weighted by Gasteiger charge is -2.38. The fraction of sp³-hybridized carbons (Fsp3) is 0.462. The predicted octanol–water partition coefficient (Wildman–Crippen LogP) is 4.46. The smallest absolute Gasteiger partial charge is 0.219 e. The largest absolute Gasteiger partial charge is 0.491 e. The molecular weight excluding hydrogens is 501 g/mol. The van der Waals surface area contributed by atoms with Gasteiger partial charge < -0.3 is 19.1 Å². The summed E-state index contributed by atoms with van der Waals surface area (Å²) in [6, 6.07) is 14.1. The van der Waals surface area contributed by atoms with Gasteiger partial charge in [0.1, 0.15) is 25.0 Å². The molecule has 5 rings (SSSR count). The van der Waals surface area contributed by atoms with Crippen LogP contribution in [0.2, 0.25) is 10.0 Å². The minimum absolute atomic E-state index is 0.247. The van der Waals surface area contributed by atoms with Gasteiger partial charge in [-0.05, 0) is 50.2 Å². The summed E-state index contributed by atoms with van der Waals surface area (Å²) in [6.07, 6.45) is 2.93. The van der Waals surface area contributed by atoms with E-state index in [-0.39, 0.29) is 12.6 Å². The number of rotatable bonds is 8. The third-order valence-electron chi connectivity index (χ3n) is 6.70. The van der Waals surface area contributed by atoms with Gasteiger partial charge in [0.2, 0.25) is 5.79 Å². The Morgan fingerprint density at radius 3 is 2.42 bits per heavy atom. The zero-order chi connectivity index (χ0) is 25.1. The SMILES string of the molecule is CC(C)N1CCN(c2ccc(OCC3COC(Cn4nccn4)(c4ccc(Cl)cc4Cl)O3)cc2)CC1. The van der Waals surface area contributed by atoms with Crippen LogP contribution in [-0.2, 0) is 21.8 Å². The van der Waals surface area contributed by atoms with Crippen molar-refractivity contribution in [2.24, 2.45) is 0 Å². The number of ether oxygens (including phenoxy) is 3. The lowest BCUT2D eigenvalue weighted by Crippen LogP contribution is -2.48. The van der Waals surface area contributed by atoms with Crippen molar-refractivity contribution in [3.63, 3.8) is 0 Å². The second-order valence-corrected chi connectivity index (χ2v) is 10.3. The maximum atomic E-state index is 6.53. The Morgan fingerprint density at radius 1 is 1.03 bits per heavy atom. The molecule has 2 aromatic carbocycles. The van der Waals surface area contributed by atoms with Gasteiger partial charge in [-0.3, -0.25) is 4.90 Å². The van der Waals surface area contributed by atoms with E-state index in [2.05, 4.69) is 46.0 Å². The summed E-state index contributed by atoms with van der Waals surface area (Å²) in [4.78, 5) is 6.45. The lowest BCUT2D eigenvalue weighted by molar-refractivity contribution is -0.192. The second kappa shape index (κ2) is 10.9. The van der Waals surface area contributed by atoms with Crippen molar-refractivity contribution < 1.29 is 14.2 Å². The summed E-state index contributed by atoms with van der Waals surface area (Å²) >= 11 is 12.6. The van der Waals surface area contributed by atoms with Crippen molar-refractivity contribution in [2.45, 2.75) is 38.3 Å². The van der Waals surface area contributed by atoms with Crippen LogP contribution in [0.25, 0.3) is 0 Å². The normalized spacial score (nSPS) is 22.9. The third-order valence-corrected chi connectivity index (χ3v) is 7.25. The second-order valence-electron chi connectivity index (χ2n) is 9.41. The number of benzene rings is 2. The van der Waals surface area contributed by atoms with Crippen LogP contribution in [0.4, 0.5) is 5.69 Å². The molecule has 1 aromatic heterocycles. The molecule has 8 nitrogen and oxygen atoms in total. The van der Waals surface area contributed by atoms with Crippen LogP contribution in [0.15, 0.2) is 54.9 Å². The first-order valence-corrected chi connectivity index (χ1v) is 13.0. The van der Waals surface area contributed by atoms with Crippen molar-refractivity contribution in [3.8, 4) is 5.75 Å². The van der Waals surface area contributed by atoms with Crippen LogP contribution in [0.5, 0.6) is 5.75 Å². The summed E-state index contributed by atoms with van der Waals surface area (Å²) in [5, 5.41) is 9.43. The van der Waals surface area contributed by atoms with Crippen molar-refractivity contribution >= 4 is 28.9 Å². The van der Waals surface area contributed by atoms with E-state index in [1.165, 1.54) is 10.5 Å². The lowest BCUT2D eigenvalue weighted by atomic mass is 10.1. The Morgan fingerprint density at radius 2 is 1.75 bits per heavy atom. The minimum Gasteiger partial charge on any atom is -0.491 e. The monoisotopic (exact) mass is 531 g/mol. The standard InChI is InChI=1S/C26H31Cl2N5O3/c1-19(2)31-11-13-32(14-12-31)21-4-6-22(7-5-21)34-16-23-17-35-26(36-23,18-33-29-9-10-30-33)24-8-3-20(27)15-25(24)28/h3-10,15,19,23H,11-14,16-18H2,1-2H3. The molecule has 0 amide bonds. The van der Waals surface area contributed by atoms with Crippen molar-refractivity contribution in [2.75, 3.05) is 44.3 Å². The molecule has 0 aliphatic carbocycles. The van der Waals surface area contributed by atoms with Gasteiger partial charge in [-0.1, -0.05) is 29.3 Å². The molecule has 0 radical (unpaired) electrons. The molecular formula is C26H31Cl2N5O3. The van der Waals surface area contributed by atoms with E-state index in [1.807, 2.05) is 18.2 Å². The molecule has 2 aliphatic heterocycles. The number of aromatic nitrogens is 3. The molecule has 0 spiro atoms. The Hall–Kier alpha value is -2.36. The van der Waals surface area contributed by atoms with Crippen molar-refractivity contribution in [3.05, 3.63) is 70.5 Å². The van der Waals surface area contributed by atoms with Crippen LogP contribution in [0.1, 0.15) is 19.4 Å². The van der Waals surface area contributed by atoms with Gasteiger partial charge in [0.15, 0.2) is 0 Å². The molecule has 0 saturated carbocycles. The molecule has 2 unspecified atom stereocenters. The Labute approximate surface area is 221 Å². The van der Waals surface area contributed by atoms with Gasteiger partial charge >= 0.3 is 0 Å². The highest BCUT2D eigenvalue weighted by Gasteiger charge is 2.46. The van der Waals surface area contributed by atoms with E-state index >= 15 is 0 Å². The summed E-state index contributed by atoms with van der Waals surface area (Å²) < 4.78 is 18.7. The molecule has 2 fully saturated rings. The summed E-state index contributed by atoms with van der Waals surface area (Å²) in [5.74, 6) is -0.351. The third kappa shape index (κ3) is 5.63. The first-order valence-electron chi connectivity index (χ1n) is 12.3. The Balaban J connectivity index is 1.21. The van der Waals surface area contributed by atoms with Crippen LogP contribution >= 0.6 is 23.2 Å². The van der Waals surface area contributed by atoms with Crippen LogP contribution < -0.4 is 9.64 Å². The molecule has 0 N–H and O–H groups in total. The van der Waals surface area contributed by atoms with Crippen molar-refractivity contribution in [1.82, 2.24) is 19.9 Å². The van der Waals surface area contributed by atoms with Gasteiger partial charge in [0.05, 0.1) is 24.0 Å². The number of anilines is 1. The maximum absolute atomic E-state index is 6.53. The Bertz CT molecular complexity index is 1140. The van der Waals surface area contributed by atoms with E-state index in [0.717, 1.165) is 31.9 Å². The highest BCUT2D eigenvalue weighted by molar-refractivity contribution is 6.35. The quantitative estimate of drug-likeness (QED) is 0.425. The van der Waals surface area contributed by atoms with Gasteiger partial charge in [-0.25, -0.2) is 0 Å². The molecule has 2 aliphatic rings. The number of piperazine rings is 1. The predicted molar refractivity (Wildman–Crippen MR) is 140 cm³/mol. The average Bonchev–Trinajstić information content (AvgIpc) is 3.54. The first-order chi connectivity index (χ1) is 17.4. The van der Waals surface area contributed by atoms with Crippen LogP contribution in [-0.4, -0.2) is 71.4 Å². The van der Waals surface area contributed by atoms with Gasteiger partial charge in [0.25, 0.3) is 0 Å². The molecule has 0 bridgehead atoms. The molecule has 192 valence electrons. The fourth-order valence-corrected chi connectivity index (χ4v) is 5.26. The van der Waals surface area contributed by atoms with Crippen molar-refractivity contribution in [1.29, 1.82) is 0 Å². The zero-order valence-electron chi connectivity index (χ0n) is 20.5.